The van der Waals surface area contributed by atoms with Crippen LogP contribution < -0.4 is 5.32 Å². The van der Waals surface area contributed by atoms with E-state index in [-0.39, 0.29) is 11.9 Å². The molecule has 3 rings (SSSR count). The number of amides is 1. The van der Waals surface area contributed by atoms with Gasteiger partial charge < -0.3 is 5.32 Å². The first-order chi connectivity index (χ1) is 10.1. The lowest BCUT2D eigenvalue weighted by Gasteiger charge is -2.34. The van der Waals surface area contributed by atoms with E-state index in [0.29, 0.717) is 23.0 Å². The van der Waals surface area contributed by atoms with E-state index in [1.165, 1.54) is 12.8 Å². The zero-order chi connectivity index (χ0) is 15.0. The Bertz CT molecular complexity index is 663. The monoisotopic (exact) mass is 286 g/mol. The van der Waals surface area contributed by atoms with E-state index < -0.39 is 0 Å². The Labute approximate surface area is 124 Å². The molecule has 2 aromatic heterocycles. The van der Waals surface area contributed by atoms with Crippen LogP contribution >= 0.6 is 0 Å². The highest BCUT2D eigenvalue weighted by atomic mass is 16.1. The van der Waals surface area contributed by atoms with E-state index >= 15 is 0 Å². The Morgan fingerprint density at radius 1 is 1.38 bits per heavy atom. The van der Waals surface area contributed by atoms with Crippen LogP contribution in [0.3, 0.4) is 0 Å². The van der Waals surface area contributed by atoms with Gasteiger partial charge in [-0.05, 0) is 31.2 Å². The molecule has 5 heteroatoms. The van der Waals surface area contributed by atoms with Crippen molar-refractivity contribution in [2.75, 3.05) is 0 Å². The molecule has 3 unspecified atom stereocenters. The smallest absolute Gasteiger partial charge is 0.253 e. The lowest BCUT2D eigenvalue weighted by Crippen LogP contribution is -2.43. The normalized spacial score (nSPS) is 26.0. The maximum Gasteiger partial charge on any atom is 0.253 e. The average Bonchev–Trinajstić information content (AvgIpc) is 2.85. The molecule has 1 fully saturated rings. The molecule has 0 radical (unpaired) electrons. The summed E-state index contributed by atoms with van der Waals surface area (Å²) in [5, 5.41) is 11.1. The SMILES string of the molecule is Cc1[nH]nc2ncc(C(=O)NC3CCCC(C)C3C)cc12. The van der Waals surface area contributed by atoms with Crippen molar-refractivity contribution < 1.29 is 4.79 Å². The molecule has 1 aliphatic rings. The molecule has 5 nitrogen and oxygen atoms in total. The largest absolute Gasteiger partial charge is 0.349 e. The number of H-pyrrole nitrogens is 1. The molecule has 1 saturated carbocycles. The summed E-state index contributed by atoms with van der Waals surface area (Å²) in [4.78, 5) is 16.7. The summed E-state index contributed by atoms with van der Waals surface area (Å²) < 4.78 is 0. The molecule has 2 heterocycles. The van der Waals surface area contributed by atoms with E-state index in [2.05, 4.69) is 34.3 Å². The molecular weight excluding hydrogens is 264 g/mol. The van der Waals surface area contributed by atoms with Crippen LogP contribution in [0.15, 0.2) is 12.3 Å². The number of nitrogens with one attached hydrogen (secondary N) is 2. The van der Waals surface area contributed by atoms with E-state index in [0.717, 1.165) is 17.5 Å². The maximum absolute atomic E-state index is 12.5. The molecule has 3 atom stereocenters. The van der Waals surface area contributed by atoms with Gasteiger partial charge in [0.2, 0.25) is 0 Å². The topological polar surface area (TPSA) is 70.7 Å². The van der Waals surface area contributed by atoms with Gasteiger partial charge in [0.1, 0.15) is 0 Å². The van der Waals surface area contributed by atoms with Crippen LogP contribution in [0.5, 0.6) is 0 Å². The summed E-state index contributed by atoms with van der Waals surface area (Å²) in [6.07, 6.45) is 5.12. The second-order valence-electron chi connectivity index (χ2n) is 6.29. The minimum atomic E-state index is -0.0315. The second kappa shape index (κ2) is 5.47. The minimum Gasteiger partial charge on any atom is -0.349 e. The first kappa shape index (κ1) is 14.0. The van der Waals surface area contributed by atoms with E-state index in [9.17, 15) is 4.79 Å². The predicted octanol–water partition coefficient (Wildman–Crippen LogP) is 2.82. The van der Waals surface area contributed by atoms with Crippen LogP contribution in [0.4, 0.5) is 0 Å². The molecule has 2 N–H and O–H groups in total. The molecule has 21 heavy (non-hydrogen) atoms. The number of aromatic nitrogens is 3. The van der Waals surface area contributed by atoms with Crippen molar-refractivity contribution in [3.63, 3.8) is 0 Å². The molecule has 1 aliphatic carbocycles. The number of hydrogen-bond acceptors (Lipinski definition) is 3. The van der Waals surface area contributed by atoms with Gasteiger partial charge in [0.15, 0.2) is 5.65 Å². The number of pyridine rings is 1. The molecule has 0 saturated heterocycles. The van der Waals surface area contributed by atoms with E-state index in [1.807, 2.05) is 13.0 Å². The number of fused-ring (bicyclic) bond motifs is 1. The Hall–Kier alpha value is -1.91. The van der Waals surface area contributed by atoms with E-state index in [1.54, 1.807) is 6.20 Å². The van der Waals surface area contributed by atoms with Gasteiger partial charge in [0.25, 0.3) is 5.91 Å². The molecule has 1 amide bonds. The molecule has 2 aromatic rings. The Balaban J connectivity index is 1.78. The van der Waals surface area contributed by atoms with Crippen LogP contribution in [-0.2, 0) is 0 Å². The quantitative estimate of drug-likeness (QED) is 0.891. The van der Waals surface area contributed by atoms with E-state index in [4.69, 9.17) is 0 Å². The van der Waals surface area contributed by atoms with Crippen molar-refractivity contribution in [3.05, 3.63) is 23.5 Å². The molecule has 0 bridgehead atoms. The number of carbonyl (C=O) groups excluding carboxylic acids is 1. The Morgan fingerprint density at radius 3 is 3.00 bits per heavy atom. The maximum atomic E-state index is 12.5. The third-order valence-corrected chi connectivity index (χ3v) is 4.89. The van der Waals surface area contributed by atoms with Gasteiger partial charge >= 0.3 is 0 Å². The van der Waals surface area contributed by atoms with Crippen molar-refractivity contribution >= 4 is 16.9 Å². The fourth-order valence-corrected chi connectivity index (χ4v) is 3.18. The summed E-state index contributed by atoms with van der Waals surface area (Å²) in [5.41, 5.74) is 2.20. The van der Waals surface area contributed by atoms with Crippen molar-refractivity contribution in [2.24, 2.45) is 11.8 Å². The highest BCUT2D eigenvalue weighted by Gasteiger charge is 2.28. The summed E-state index contributed by atoms with van der Waals surface area (Å²) >= 11 is 0. The van der Waals surface area contributed by atoms with Crippen LogP contribution in [0.1, 0.15) is 49.2 Å². The second-order valence-corrected chi connectivity index (χ2v) is 6.29. The van der Waals surface area contributed by atoms with Crippen LogP contribution in [0.2, 0.25) is 0 Å². The van der Waals surface area contributed by atoms with Gasteiger partial charge in [0, 0.05) is 23.3 Å². The number of carbonyl (C=O) groups is 1. The van der Waals surface area contributed by atoms with Crippen molar-refractivity contribution in [3.8, 4) is 0 Å². The van der Waals surface area contributed by atoms with Gasteiger partial charge in [-0.25, -0.2) is 4.98 Å². The molecule has 0 spiro atoms. The molecule has 0 aliphatic heterocycles. The van der Waals surface area contributed by atoms with Crippen LogP contribution in [0.25, 0.3) is 11.0 Å². The van der Waals surface area contributed by atoms with Crippen molar-refractivity contribution in [2.45, 2.75) is 46.1 Å². The molecular formula is C16H22N4O. The highest BCUT2D eigenvalue weighted by molar-refractivity contribution is 5.97. The van der Waals surface area contributed by atoms with Gasteiger partial charge in [0.05, 0.1) is 5.56 Å². The first-order valence-electron chi connectivity index (χ1n) is 7.68. The number of nitrogens with zero attached hydrogens (tertiary/aromatic N) is 2. The van der Waals surface area contributed by atoms with Crippen LogP contribution in [0, 0.1) is 18.8 Å². The summed E-state index contributed by atoms with van der Waals surface area (Å²) in [6, 6.07) is 2.13. The summed E-state index contributed by atoms with van der Waals surface area (Å²) in [7, 11) is 0. The number of hydrogen-bond donors (Lipinski definition) is 2. The molecule has 0 aromatic carbocycles. The van der Waals surface area contributed by atoms with Gasteiger partial charge in [-0.2, -0.15) is 5.10 Å². The fourth-order valence-electron chi connectivity index (χ4n) is 3.18. The lowest BCUT2D eigenvalue weighted by atomic mass is 9.78. The Kier molecular flexibility index (Phi) is 3.66. The number of aromatic amines is 1. The van der Waals surface area contributed by atoms with Crippen LogP contribution in [-0.4, -0.2) is 27.1 Å². The van der Waals surface area contributed by atoms with Gasteiger partial charge in [-0.3, -0.25) is 9.89 Å². The first-order valence-corrected chi connectivity index (χ1v) is 7.68. The molecule has 112 valence electrons. The third kappa shape index (κ3) is 2.64. The van der Waals surface area contributed by atoms with Gasteiger partial charge in [-0.15, -0.1) is 0 Å². The highest BCUT2D eigenvalue weighted by Crippen LogP contribution is 2.29. The average molecular weight is 286 g/mol. The number of rotatable bonds is 2. The zero-order valence-corrected chi connectivity index (χ0v) is 12.8. The number of aryl methyl sites for hydroxylation is 1. The predicted molar refractivity (Wildman–Crippen MR) is 82.1 cm³/mol. The fraction of sp³-hybridized carbons (Fsp3) is 0.562. The summed E-state index contributed by atoms with van der Waals surface area (Å²) in [5.74, 6) is 1.16. The van der Waals surface area contributed by atoms with Crippen molar-refractivity contribution in [1.29, 1.82) is 0 Å². The third-order valence-electron chi connectivity index (χ3n) is 4.89. The standard InChI is InChI=1S/C16H22N4O/c1-9-5-4-6-14(10(9)2)18-16(21)12-7-13-11(3)19-20-15(13)17-8-12/h7-10,14H,4-6H2,1-3H3,(H,18,21)(H,17,19,20). The summed E-state index contributed by atoms with van der Waals surface area (Å²) in [6.45, 7) is 6.44. The lowest BCUT2D eigenvalue weighted by molar-refractivity contribution is 0.0891. The van der Waals surface area contributed by atoms with Gasteiger partial charge in [-0.1, -0.05) is 26.7 Å². The zero-order valence-electron chi connectivity index (χ0n) is 12.8. The van der Waals surface area contributed by atoms with Crippen molar-refractivity contribution in [1.82, 2.24) is 20.5 Å². The minimum absolute atomic E-state index is 0.0315. The Morgan fingerprint density at radius 2 is 2.19 bits per heavy atom.